The lowest BCUT2D eigenvalue weighted by molar-refractivity contribution is 0.671. The molecule has 0 aliphatic heterocycles. The minimum absolute atomic E-state index is 0.846. The third-order valence-electron chi connectivity index (χ3n) is 7.77. The lowest BCUT2D eigenvalue weighted by Crippen LogP contribution is -1.87. The number of aromatic nitrogens is 5. The first-order valence-corrected chi connectivity index (χ1v) is 12.0. The number of hydrogen-bond donors (Lipinski definition) is 0. The van der Waals surface area contributed by atoms with Crippen LogP contribution in [0.2, 0.25) is 0 Å². The van der Waals surface area contributed by atoms with Crippen LogP contribution in [0.25, 0.3) is 82.9 Å². The second kappa shape index (κ2) is 5.58. The van der Waals surface area contributed by atoms with Gasteiger partial charge in [-0.15, -0.1) is 0 Å². The second-order valence-electron chi connectivity index (χ2n) is 9.54. The molecule has 0 amide bonds. The maximum atomic E-state index is 6.41. The number of nitrogens with zero attached hydrogens (tertiary/aromatic N) is 5. The number of fused-ring (bicyclic) bond motifs is 16. The van der Waals surface area contributed by atoms with Gasteiger partial charge in [0.1, 0.15) is 16.6 Å². The summed E-state index contributed by atoms with van der Waals surface area (Å²) in [5.41, 5.74) is 9.11. The van der Waals surface area contributed by atoms with Crippen LogP contribution in [-0.4, -0.2) is 23.2 Å². The van der Waals surface area contributed by atoms with Crippen molar-refractivity contribution in [1.82, 2.24) is 23.2 Å². The Morgan fingerprint density at radius 1 is 0.528 bits per heavy atom. The fourth-order valence-corrected chi connectivity index (χ4v) is 6.29. The van der Waals surface area contributed by atoms with Gasteiger partial charge < -0.3 is 4.42 Å². The summed E-state index contributed by atoms with van der Waals surface area (Å²) < 4.78 is 13.1. The Hall–Kier alpha value is -5.10. The molecule has 10 rings (SSSR count). The van der Waals surface area contributed by atoms with Gasteiger partial charge in [0.2, 0.25) is 11.6 Å². The smallest absolute Gasteiger partial charge is 0.223 e. The van der Waals surface area contributed by atoms with E-state index in [-0.39, 0.29) is 0 Å². The largest absolute Gasteiger partial charge is 0.454 e. The van der Waals surface area contributed by atoms with Gasteiger partial charge in [0.05, 0.1) is 27.6 Å². The van der Waals surface area contributed by atoms with E-state index < -0.39 is 0 Å². The third kappa shape index (κ3) is 1.76. The number of imidazole rings is 4. The maximum Gasteiger partial charge on any atom is 0.223 e. The standard InChI is InChI=1S/C30H15N5O/c1-2-7-17-16(6-1)12-15-21-25(17)32-30-33(21)22-9-5-10-23-27(22)35(30)29-31-20-14-13-19-18-8-3-4-11-24(18)36-28(19)26(20)34(23)29/h1-15H. The molecule has 0 bridgehead atoms. The van der Waals surface area contributed by atoms with Gasteiger partial charge in [-0.05, 0) is 41.8 Å². The predicted molar refractivity (Wildman–Crippen MR) is 143 cm³/mol. The van der Waals surface area contributed by atoms with Crippen LogP contribution in [0.15, 0.2) is 95.4 Å². The van der Waals surface area contributed by atoms with E-state index in [4.69, 9.17) is 14.4 Å². The van der Waals surface area contributed by atoms with Crippen LogP contribution in [-0.2, 0) is 0 Å². The molecule has 0 saturated heterocycles. The highest BCUT2D eigenvalue weighted by atomic mass is 16.3. The molecule has 0 saturated carbocycles. The van der Waals surface area contributed by atoms with E-state index in [1.807, 2.05) is 12.1 Å². The average Bonchev–Trinajstić information content (AvgIpc) is 3.69. The monoisotopic (exact) mass is 461 g/mol. The molecule has 0 fully saturated rings. The number of rotatable bonds is 0. The van der Waals surface area contributed by atoms with E-state index in [2.05, 4.69) is 92.1 Å². The number of para-hydroxylation sites is 2. The Labute approximate surface area is 201 Å². The van der Waals surface area contributed by atoms with Gasteiger partial charge in [-0.25, -0.2) is 14.4 Å². The van der Waals surface area contributed by atoms with Gasteiger partial charge >= 0.3 is 0 Å². The molecule has 0 aliphatic carbocycles. The number of furan rings is 1. The Kier molecular flexibility index (Phi) is 2.69. The van der Waals surface area contributed by atoms with E-state index >= 15 is 0 Å². The van der Waals surface area contributed by atoms with Crippen LogP contribution in [0.1, 0.15) is 0 Å². The highest BCUT2D eigenvalue weighted by molar-refractivity contribution is 6.16. The Morgan fingerprint density at radius 2 is 1.33 bits per heavy atom. The minimum Gasteiger partial charge on any atom is -0.454 e. The highest BCUT2D eigenvalue weighted by Gasteiger charge is 2.25. The Morgan fingerprint density at radius 3 is 2.28 bits per heavy atom. The minimum atomic E-state index is 0.846. The molecule has 0 radical (unpaired) electrons. The summed E-state index contributed by atoms with van der Waals surface area (Å²) in [7, 11) is 0. The normalized spacial score (nSPS) is 13.0. The molecule has 36 heavy (non-hydrogen) atoms. The van der Waals surface area contributed by atoms with Crippen molar-refractivity contribution in [3.8, 4) is 0 Å². The maximum absolute atomic E-state index is 6.41. The van der Waals surface area contributed by atoms with Crippen LogP contribution >= 0.6 is 0 Å². The van der Waals surface area contributed by atoms with Crippen LogP contribution in [0.5, 0.6) is 0 Å². The molecule has 166 valence electrons. The van der Waals surface area contributed by atoms with Crippen molar-refractivity contribution in [3.63, 3.8) is 0 Å². The van der Waals surface area contributed by atoms with Crippen LogP contribution < -0.4 is 0 Å². The Bertz CT molecular complexity index is 2540. The van der Waals surface area contributed by atoms with E-state index in [1.54, 1.807) is 0 Å². The van der Waals surface area contributed by atoms with Crippen molar-refractivity contribution in [3.05, 3.63) is 91.0 Å². The van der Waals surface area contributed by atoms with E-state index in [0.717, 1.165) is 77.5 Å². The summed E-state index contributed by atoms with van der Waals surface area (Å²) in [5.74, 6) is 1.72. The average molecular weight is 461 g/mol. The molecule has 6 nitrogen and oxygen atoms in total. The first-order chi connectivity index (χ1) is 17.9. The van der Waals surface area contributed by atoms with Crippen molar-refractivity contribution >= 4 is 82.9 Å². The van der Waals surface area contributed by atoms with Crippen molar-refractivity contribution in [2.24, 2.45) is 0 Å². The fourth-order valence-electron chi connectivity index (χ4n) is 6.29. The van der Waals surface area contributed by atoms with Crippen molar-refractivity contribution in [2.75, 3.05) is 0 Å². The molecule has 5 heterocycles. The van der Waals surface area contributed by atoms with E-state index in [0.29, 0.717) is 0 Å². The highest BCUT2D eigenvalue weighted by Crippen LogP contribution is 2.39. The first-order valence-electron chi connectivity index (χ1n) is 12.0. The summed E-state index contributed by atoms with van der Waals surface area (Å²) in [6.07, 6.45) is 0. The summed E-state index contributed by atoms with van der Waals surface area (Å²) in [5, 5.41) is 4.57. The lowest BCUT2D eigenvalue weighted by Gasteiger charge is -2.00. The quantitative estimate of drug-likeness (QED) is 0.240. The van der Waals surface area contributed by atoms with E-state index in [9.17, 15) is 0 Å². The zero-order valence-corrected chi connectivity index (χ0v) is 18.8. The lowest BCUT2D eigenvalue weighted by atomic mass is 10.1. The number of hydrogen-bond acceptors (Lipinski definition) is 3. The molecule has 0 N–H and O–H groups in total. The summed E-state index contributed by atoms with van der Waals surface area (Å²) in [6, 6.07) is 31.7. The van der Waals surface area contributed by atoms with Crippen LogP contribution in [0, 0.1) is 0 Å². The van der Waals surface area contributed by atoms with Crippen molar-refractivity contribution in [2.45, 2.75) is 0 Å². The molecule has 5 aromatic carbocycles. The summed E-state index contributed by atoms with van der Waals surface area (Å²) in [6.45, 7) is 0. The molecule has 0 atom stereocenters. The van der Waals surface area contributed by atoms with Gasteiger partial charge in [-0.3, -0.25) is 8.80 Å². The molecule has 0 aliphatic rings. The zero-order chi connectivity index (χ0) is 23.1. The van der Waals surface area contributed by atoms with Crippen LogP contribution in [0.3, 0.4) is 0 Å². The molecule has 0 spiro atoms. The summed E-state index contributed by atoms with van der Waals surface area (Å²) >= 11 is 0. The predicted octanol–water partition coefficient (Wildman–Crippen LogP) is 7.18. The van der Waals surface area contributed by atoms with Gasteiger partial charge in [-0.2, -0.15) is 0 Å². The van der Waals surface area contributed by atoms with E-state index in [1.165, 1.54) is 5.39 Å². The molecular formula is C30H15N5O. The van der Waals surface area contributed by atoms with Gasteiger partial charge in [0.15, 0.2) is 5.58 Å². The van der Waals surface area contributed by atoms with Crippen LogP contribution in [0.4, 0.5) is 0 Å². The zero-order valence-electron chi connectivity index (χ0n) is 18.8. The van der Waals surface area contributed by atoms with Crippen molar-refractivity contribution < 1.29 is 4.42 Å². The molecular weight excluding hydrogens is 446 g/mol. The molecule has 5 aromatic heterocycles. The SMILES string of the molecule is c1ccc2c(c1)ccc1c2nc2n1c1cccc3c1n2c1nc2ccc4c5ccccc5oc4c2n31. The Balaban J connectivity index is 1.48. The summed E-state index contributed by atoms with van der Waals surface area (Å²) in [4.78, 5) is 10.3. The molecule has 10 aromatic rings. The van der Waals surface area contributed by atoms with Gasteiger partial charge in [0, 0.05) is 16.2 Å². The first kappa shape index (κ1) is 17.4. The number of benzene rings is 5. The van der Waals surface area contributed by atoms with Crippen molar-refractivity contribution in [1.29, 1.82) is 0 Å². The second-order valence-corrected chi connectivity index (χ2v) is 9.54. The topological polar surface area (TPSA) is 52.2 Å². The third-order valence-corrected chi connectivity index (χ3v) is 7.77. The molecule has 6 heteroatoms. The fraction of sp³-hybridized carbons (Fsp3) is 0. The van der Waals surface area contributed by atoms with Gasteiger partial charge in [-0.1, -0.05) is 54.6 Å². The molecule has 0 unspecified atom stereocenters. The van der Waals surface area contributed by atoms with Gasteiger partial charge in [0.25, 0.3) is 0 Å².